The summed E-state index contributed by atoms with van der Waals surface area (Å²) in [4.78, 5) is 16.6. The van der Waals surface area contributed by atoms with Gasteiger partial charge in [-0.25, -0.2) is 12.8 Å². The van der Waals surface area contributed by atoms with Crippen LogP contribution in [0.2, 0.25) is 0 Å². The number of benzene rings is 2. The lowest BCUT2D eigenvalue weighted by molar-refractivity contribution is -0.136. The van der Waals surface area contributed by atoms with Crippen molar-refractivity contribution in [1.82, 2.24) is 14.1 Å². The summed E-state index contributed by atoms with van der Waals surface area (Å²) in [5.41, 5.74) is 0.729. The molecule has 1 saturated heterocycles. The van der Waals surface area contributed by atoms with Gasteiger partial charge in [0.2, 0.25) is 15.9 Å². The first-order valence-electron chi connectivity index (χ1n) is 9.57. The molecule has 0 unspecified atom stereocenters. The summed E-state index contributed by atoms with van der Waals surface area (Å²) in [6, 6.07) is 14.2. The maximum atomic E-state index is 13.4. The minimum Gasteiger partial charge on any atom is -0.340 e. The molecular formula is C21H26FN3O3S. The number of rotatable bonds is 6. The molecule has 1 aliphatic heterocycles. The van der Waals surface area contributed by atoms with Gasteiger partial charge >= 0.3 is 0 Å². The van der Waals surface area contributed by atoms with Crippen LogP contribution in [0.5, 0.6) is 0 Å². The first-order valence-corrected chi connectivity index (χ1v) is 11.0. The molecule has 1 fully saturated rings. The van der Waals surface area contributed by atoms with Crippen LogP contribution in [0, 0.1) is 5.82 Å². The number of carbonyl (C=O) groups excluding carboxylic acids is 1. The van der Waals surface area contributed by atoms with Gasteiger partial charge in [-0.05, 0) is 36.8 Å². The van der Waals surface area contributed by atoms with E-state index >= 15 is 0 Å². The van der Waals surface area contributed by atoms with E-state index in [1.165, 1.54) is 16.4 Å². The van der Waals surface area contributed by atoms with Crippen molar-refractivity contribution in [3.05, 3.63) is 66.0 Å². The van der Waals surface area contributed by atoms with Crippen LogP contribution in [0.4, 0.5) is 4.39 Å². The normalized spacial score (nSPS) is 17.1. The lowest BCUT2D eigenvalue weighted by atomic mass is 10.1. The minimum atomic E-state index is -3.52. The Kier molecular flexibility index (Phi) is 6.66. The zero-order chi connectivity index (χ0) is 21.0. The predicted molar refractivity (Wildman–Crippen MR) is 109 cm³/mol. The molecule has 1 aliphatic rings. The second-order valence-electron chi connectivity index (χ2n) is 7.25. The average molecular weight is 420 g/mol. The SMILES string of the molecule is C[C@H](C(=O)N(C)Cc1cccc(F)c1)N1CCN(S(=O)(=O)c2ccccc2)CC1. The average Bonchev–Trinajstić information content (AvgIpc) is 2.73. The lowest BCUT2D eigenvalue weighted by Crippen LogP contribution is -2.54. The second kappa shape index (κ2) is 9.02. The fraction of sp³-hybridized carbons (Fsp3) is 0.381. The van der Waals surface area contributed by atoms with Crippen molar-refractivity contribution < 1.29 is 17.6 Å². The van der Waals surface area contributed by atoms with Crippen molar-refractivity contribution in [1.29, 1.82) is 0 Å². The van der Waals surface area contributed by atoms with Crippen molar-refractivity contribution in [3.63, 3.8) is 0 Å². The van der Waals surface area contributed by atoms with Crippen molar-refractivity contribution in [3.8, 4) is 0 Å². The maximum absolute atomic E-state index is 13.4. The molecule has 156 valence electrons. The molecule has 2 aromatic carbocycles. The number of piperazine rings is 1. The summed E-state index contributed by atoms with van der Waals surface area (Å²) >= 11 is 0. The number of carbonyl (C=O) groups is 1. The monoisotopic (exact) mass is 419 g/mol. The standard InChI is InChI=1S/C21H26FN3O3S/c1-17(21(26)23(2)16-18-7-6-8-19(22)15-18)24-11-13-25(14-12-24)29(27,28)20-9-4-3-5-10-20/h3-10,15,17H,11-14,16H2,1-2H3/t17-/m1/s1. The van der Waals surface area contributed by atoms with Crippen LogP contribution in [0.1, 0.15) is 12.5 Å². The fourth-order valence-electron chi connectivity index (χ4n) is 3.53. The number of hydrogen-bond acceptors (Lipinski definition) is 4. The molecule has 0 aromatic heterocycles. The van der Waals surface area contributed by atoms with E-state index < -0.39 is 10.0 Å². The molecule has 0 saturated carbocycles. The Hall–Kier alpha value is -2.29. The smallest absolute Gasteiger partial charge is 0.243 e. The van der Waals surface area contributed by atoms with Crippen LogP contribution >= 0.6 is 0 Å². The number of nitrogens with zero attached hydrogens (tertiary/aromatic N) is 3. The summed E-state index contributed by atoms with van der Waals surface area (Å²) in [6.07, 6.45) is 0. The fourth-order valence-corrected chi connectivity index (χ4v) is 4.98. The van der Waals surface area contributed by atoms with Crippen molar-refractivity contribution in [2.75, 3.05) is 33.2 Å². The highest BCUT2D eigenvalue weighted by molar-refractivity contribution is 7.89. The number of halogens is 1. The quantitative estimate of drug-likeness (QED) is 0.720. The first kappa shape index (κ1) is 21.4. The van der Waals surface area contributed by atoms with Crippen molar-refractivity contribution >= 4 is 15.9 Å². The first-order chi connectivity index (χ1) is 13.8. The van der Waals surface area contributed by atoms with Crippen LogP contribution in [-0.2, 0) is 21.4 Å². The molecule has 3 rings (SSSR count). The molecule has 2 aromatic rings. The summed E-state index contributed by atoms with van der Waals surface area (Å²) in [7, 11) is -1.82. The van der Waals surface area contributed by atoms with E-state index in [0.717, 1.165) is 5.56 Å². The van der Waals surface area contributed by atoms with Gasteiger partial charge < -0.3 is 4.90 Å². The van der Waals surface area contributed by atoms with E-state index in [4.69, 9.17) is 0 Å². The third kappa shape index (κ3) is 5.01. The second-order valence-corrected chi connectivity index (χ2v) is 9.19. The number of amides is 1. The van der Waals surface area contributed by atoms with Gasteiger partial charge in [0.05, 0.1) is 10.9 Å². The summed E-state index contributed by atoms with van der Waals surface area (Å²) in [5.74, 6) is -0.402. The molecule has 6 nitrogen and oxygen atoms in total. The van der Waals surface area contributed by atoms with Crippen LogP contribution in [-0.4, -0.2) is 67.7 Å². The van der Waals surface area contributed by atoms with Gasteiger partial charge in [0.15, 0.2) is 0 Å². The molecule has 1 amide bonds. The van der Waals surface area contributed by atoms with Crippen LogP contribution < -0.4 is 0 Å². The molecular weight excluding hydrogens is 393 g/mol. The zero-order valence-corrected chi connectivity index (χ0v) is 17.5. The van der Waals surface area contributed by atoms with Crippen LogP contribution in [0.15, 0.2) is 59.5 Å². The summed E-state index contributed by atoms with van der Waals surface area (Å²) < 4.78 is 40.3. The largest absolute Gasteiger partial charge is 0.340 e. The minimum absolute atomic E-state index is 0.0753. The van der Waals surface area contributed by atoms with Crippen LogP contribution in [0.25, 0.3) is 0 Å². The number of likely N-dealkylation sites (N-methyl/N-ethyl adjacent to an activating group) is 1. The van der Waals surface area contributed by atoms with Gasteiger partial charge in [-0.3, -0.25) is 9.69 Å². The van der Waals surface area contributed by atoms with Gasteiger partial charge in [-0.15, -0.1) is 0 Å². The number of sulfonamides is 1. The number of hydrogen-bond donors (Lipinski definition) is 0. The van der Waals surface area contributed by atoms with E-state index in [9.17, 15) is 17.6 Å². The van der Waals surface area contributed by atoms with E-state index in [2.05, 4.69) is 0 Å². The third-order valence-electron chi connectivity index (χ3n) is 5.24. The molecule has 29 heavy (non-hydrogen) atoms. The predicted octanol–water partition coefficient (Wildman–Crippen LogP) is 2.18. The molecule has 0 radical (unpaired) electrons. The van der Waals surface area contributed by atoms with Gasteiger partial charge in [-0.2, -0.15) is 4.31 Å². The zero-order valence-electron chi connectivity index (χ0n) is 16.7. The van der Waals surface area contributed by atoms with E-state index in [-0.39, 0.29) is 22.7 Å². The Morgan fingerprint density at radius 3 is 2.34 bits per heavy atom. The maximum Gasteiger partial charge on any atom is 0.243 e. The molecule has 0 bridgehead atoms. The highest BCUT2D eigenvalue weighted by Gasteiger charge is 2.32. The molecule has 1 heterocycles. The van der Waals surface area contributed by atoms with E-state index in [1.807, 2.05) is 11.8 Å². The molecule has 0 N–H and O–H groups in total. The lowest BCUT2D eigenvalue weighted by Gasteiger charge is -2.37. The van der Waals surface area contributed by atoms with Gasteiger partial charge in [0, 0.05) is 39.8 Å². The van der Waals surface area contributed by atoms with E-state index in [0.29, 0.717) is 32.7 Å². The Balaban J connectivity index is 1.58. The Morgan fingerprint density at radius 2 is 1.72 bits per heavy atom. The molecule has 0 spiro atoms. The summed E-state index contributed by atoms with van der Waals surface area (Å²) in [6.45, 7) is 3.78. The topological polar surface area (TPSA) is 60.9 Å². The highest BCUT2D eigenvalue weighted by atomic mass is 32.2. The van der Waals surface area contributed by atoms with Crippen molar-refractivity contribution in [2.45, 2.75) is 24.4 Å². The van der Waals surface area contributed by atoms with Crippen LogP contribution in [0.3, 0.4) is 0 Å². The Morgan fingerprint density at radius 1 is 1.07 bits per heavy atom. The summed E-state index contributed by atoms with van der Waals surface area (Å²) in [5, 5.41) is 0. The Labute approximate surface area is 171 Å². The third-order valence-corrected chi connectivity index (χ3v) is 7.16. The van der Waals surface area contributed by atoms with Gasteiger partial charge in [-0.1, -0.05) is 30.3 Å². The molecule has 1 atom stereocenters. The van der Waals surface area contributed by atoms with Gasteiger partial charge in [0.1, 0.15) is 5.82 Å². The Bertz CT molecular complexity index is 945. The molecule has 0 aliphatic carbocycles. The van der Waals surface area contributed by atoms with Crippen molar-refractivity contribution in [2.24, 2.45) is 0 Å². The molecule has 8 heteroatoms. The highest BCUT2D eigenvalue weighted by Crippen LogP contribution is 2.18. The van der Waals surface area contributed by atoms with Gasteiger partial charge in [0.25, 0.3) is 0 Å². The van der Waals surface area contributed by atoms with E-state index in [1.54, 1.807) is 54.4 Å².